The second-order valence-electron chi connectivity index (χ2n) is 6.85. The molecule has 0 saturated carbocycles. The van der Waals surface area contributed by atoms with E-state index >= 15 is 0 Å². The summed E-state index contributed by atoms with van der Waals surface area (Å²) in [7, 11) is 0. The van der Waals surface area contributed by atoms with E-state index in [0.717, 1.165) is 31.6 Å². The summed E-state index contributed by atoms with van der Waals surface area (Å²) in [5.41, 5.74) is 7.20. The van der Waals surface area contributed by atoms with Crippen LogP contribution in [0.3, 0.4) is 0 Å². The number of nitrogens with one attached hydrogen (secondary N) is 1. The van der Waals surface area contributed by atoms with E-state index in [4.69, 9.17) is 22.7 Å². The lowest BCUT2D eigenvalue weighted by Crippen LogP contribution is -2.41. The van der Waals surface area contributed by atoms with Crippen molar-refractivity contribution in [3.8, 4) is 0 Å². The van der Waals surface area contributed by atoms with Crippen LogP contribution in [0.5, 0.6) is 0 Å². The number of nitrogens with zero attached hydrogens (tertiary/aromatic N) is 1. The zero-order valence-corrected chi connectivity index (χ0v) is 14.8. The number of likely N-dealkylation sites (tertiary alicyclic amines) is 1. The summed E-state index contributed by atoms with van der Waals surface area (Å²) < 4.78 is 5.43. The van der Waals surface area contributed by atoms with Crippen molar-refractivity contribution < 1.29 is 9.53 Å². The van der Waals surface area contributed by atoms with Crippen molar-refractivity contribution in [3.63, 3.8) is 0 Å². The number of ether oxygens (including phenoxy) is 1. The molecule has 0 aromatic heterocycles. The number of hydrogen-bond donors (Lipinski definition) is 2. The minimum Gasteiger partial charge on any atom is -0.444 e. The molecular formula is C17H25N3O2S. The van der Waals surface area contributed by atoms with Crippen LogP contribution < -0.4 is 11.1 Å². The Morgan fingerprint density at radius 3 is 2.30 bits per heavy atom. The van der Waals surface area contributed by atoms with Gasteiger partial charge in [0, 0.05) is 18.8 Å². The summed E-state index contributed by atoms with van der Waals surface area (Å²) in [6.07, 6.45) is 1.68. The number of nitrogens with two attached hydrogens (primary N) is 1. The van der Waals surface area contributed by atoms with Gasteiger partial charge in [-0.25, -0.2) is 4.79 Å². The molecule has 1 saturated heterocycles. The first kappa shape index (κ1) is 17.5. The van der Waals surface area contributed by atoms with Crippen molar-refractivity contribution in [2.45, 2.75) is 45.1 Å². The van der Waals surface area contributed by atoms with Crippen molar-refractivity contribution >= 4 is 29.1 Å². The molecule has 1 aliphatic rings. The molecule has 1 fully saturated rings. The molecule has 0 spiro atoms. The van der Waals surface area contributed by atoms with E-state index in [9.17, 15) is 4.79 Å². The Morgan fingerprint density at radius 2 is 1.83 bits per heavy atom. The molecule has 1 aromatic carbocycles. The van der Waals surface area contributed by atoms with Gasteiger partial charge in [-0.1, -0.05) is 12.1 Å². The third-order valence-corrected chi connectivity index (χ3v) is 3.90. The number of benzene rings is 1. The number of carbonyl (C=O) groups is 1. The van der Waals surface area contributed by atoms with Crippen molar-refractivity contribution in [3.05, 3.63) is 29.8 Å². The van der Waals surface area contributed by atoms with Gasteiger partial charge >= 0.3 is 6.09 Å². The number of anilines is 1. The van der Waals surface area contributed by atoms with Crippen LogP contribution in [0.2, 0.25) is 0 Å². The normalized spacial score (nSPS) is 16.0. The van der Waals surface area contributed by atoms with Crippen LogP contribution in [0.25, 0.3) is 0 Å². The average molecular weight is 335 g/mol. The highest BCUT2D eigenvalue weighted by Gasteiger charge is 2.27. The van der Waals surface area contributed by atoms with Crippen LogP contribution in [-0.4, -0.2) is 34.8 Å². The molecule has 0 radical (unpaired) electrons. The van der Waals surface area contributed by atoms with Crippen LogP contribution in [0.15, 0.2) is 24.3 Å². The largest absolute Gasteiger partial charge is 0.444 e. The lowest BCUT2D eigenvalue weighted by molar-refractivity contribution is 0.0205. The maximum absolute atomic E-state index is 12.1. The van der Waals surface area contributed by atoms with Gasteiger partial charge in [-0.2, -0.15) is 0 Å². The lowest BCUT2D eigenvalue weighted by Gasteiger charge is -2.33. The van der Waals surface area contributed by atoms with Crippen molar-refractivity contribution in [2.24, 2.45) is 5.73 Å². The van der Waals surface area contributed by atoms with E-state index in [0.29, 0.717) is 5.92 Å². The first-order valence-electron chi connectivity index (χ1n) is 7.89. The molecular weight excluding hydrogens is 310 g/mol. The molecule has 1 heterocycles. The summed E-state index contributed by atoms with van der Waals surface area (Å²) in [5.74, 6) is 0.465. The SMILES string of the molecule is CC(C)(C)OC(=O)N1CCC(c2ccc(NC(N)=S)cc2)CC1. The molecule has 1 aliphatic heterocycles. The quantitative estimate of drug-likeness (QED) is 0.810. The molecule has 0 aliphatic carbocycles. The Bertz CT molecular complexity index is 558. The van der Waals surface area contributed by atoms with Gasteiger partial charge in [0.25, 0.3) is 0 Å². The van der Waals surface area contributed by atoms with E-state index in [1.165, 1.54) is 5.56 Å². The minimum atomic E-state index is -0.444. The minimum absolute atomic E-state index is 0.216. The molecule has 23 heavy (non-hydrogen) atoms. The number of thiocarbonyl (C=S) groups is 1. The predicted octanol–water partition coefficient (Wildman–Crippen LogP) is 3.46. The third-order valence-electron chi connectivity index (χ3n) is 3.80. The van der Waals surface area contributed by atoms with Gasteiger partial charge in [-0.05, 0) is 69.4 Å². The summed E-state index contributed by atoms with van der Waals surface area (Å²) in [6, 6.07) is 8.15. The zero-order chi connectivity index (χ0) is 17.0. The molecule has 1 amide bonds. The number of rotatable bonds is 2. The van der Waals surface area contributed by atoms with E-state index in [-0.39, 0.29) is 11.2 Å². The first-order chi connectivity index (χ1) is 10.7. The van der Waals surface area contributed by atoms with Crippen LogP contribution in [0.1, 0.15) is 45.1 Å². The van der Waals surface area contributed by atoms with Crippen LogP contribution in [0.4, 0.5) is 10.5 Å². The van der Waals surface area contributed by atoms with E-state index in [1.807, 2.05) is 32.9 Å². The Kier molecular flexibility index (Phi) is 5.46. The smallest absolute Gasteiger partial charge is 0.410 e. The highest BCUT2D eigenvalue weighted by atomic mass is 32.1. The summed E-state index contributed by atoms with van der Waals surface area (Å²) in [4.78, 5) is 13.9. The summed E-state index contributed by atoms with van der Waals surface area (Å²) >= 11 is 4.83. The molecule has 0 atom stereocenters. The monoisotopic (exact) mass is 335 g/mol. The highest BCUT2D eigenvalue weighted by molar-refractivity contribution is 7.80. The zero-order valence-electron chi connectivity index (χ0n) is 14.0. The van der Waals surface area contributed by atoms with E-state index < -0.39 is 5.60 Å². The second kappa shape index (κ2) is 7.17. The lowest BCUT2D eigenvalue weighted by atomic mass is 9.89. The summed E-state index contributed by atoms with van der Waals surface area (Å²) in [5, 5.41) is 3.19. The fourth-order valence-electron chi connectivity index (χ4n) is 2.70. The number of piperidine rings is 1. The Hall–Kier alpha value is -1.82. The Morgan fingerprint density at radius 1 is 1.26 bits per heavy atom. The third kappa shape index (κ3) is 5.39. The van der Waals surface area contributed by atoms with Gasteiger partial charge < -0.3 is 20.7 Å². The van der Waals surface area contributed by atoms with E-state index in [2.05, 4.69) is 17.4 Å². The van der Waals surface area contributed by atoms with Crippen molar-refractivity contribution in [2.75, 3.05) is 18.4 Å². The molecule has 2 rings (SSSR count). The number of hydrogen-bond acceptors (Lipinski definition) is 3. The van der Waals surface area contributed by atoms with Crippen molar-refractivity contribution in [1.29, 1.82) is 0 Å². The number of amides is 1. The Balaban J connectivity index is 1.89. The second-order valence-corrected chi connectivity index (χ2v) is 7.29. The van der Waals surface area contributed by atoms with Gasteiger partial charge in [0.1, 0.15) is 5.60 Å². The maximum Gasteiger partial charge on any atom is 0.410 e. The molecule has 1 aromatic rings. The fraction of sp³-hybridized carbons (Fsp3) is 0.529. The maximum atomic E-state index is 12.1. The number of carbonyl (C=O) groups excluding carboxylic acids is 1. The van der Waals surface area contributed by atoms with Gasteiger partial charge in [0.15, 0.2) is 5.11 Å². The molecule has 5 nitrogen and oxygen atoms in total. The van der Waals surface area contributed by atoms with Crippen LogP contribution in [0, 0.1) is 0 Å². The Labute approximate surface area is 143 Å². The predicted molar refractivity (Wildman–Crippen MR) is 96.6 cm³/mol. The van der Waals surface area contributed by atoms with Gasteiger partial charge in [-0.3, -0.25) is 0 Å². The molecule has 0 unspecified atom stereocenters. The fourth-order valence-corrected chi connectivity index (χ4v) is 2.82. The molecule has 126 valence electrons. The highest BCUT2D eigenvalue weighted by Crippen LogP contribution is 2.29. The standard InChI is InChI=1S/C17H25N3O2S/c1-17(2,3)22-16(21)20-10-8-13(9-11-20)12-4-6-14(7-5-12)19-15(18)23/h4-7,13H,8-11H2,1-3H3,(H3,18,19,23). The molecule has 0 bridgehead atoms. The van der Waals surface area contributed by atoms with Gasteiger partial charge in [0.05, 0.1) is 0 Å². The van der Waals surface area contributed by atoms with Crippen molar-refractivity contribution in [1.82, 2.24) is 4.90 Å². The molecule has 6 heteroatoms. The van der Waals surface area contributed by atoms with Crippen LogP contribution >= 0.6 is 12.2 Å². The topological polar surface area (TPSA) is 67.6 Å². The van der Waals surface area contributed by atoms with Gasteiger partial charge in [0.2, 0.25) is 0 Å². The molecule has 3 N–H and O–H groups in total. The first-order valence-corrected chi connectivity index (χ1v) is 8.30. The van der Waals surface area contributed by atoms with Gasteiger partial charge in [-0.15, -0.1) is 0 Å². The summed E-state index contributed by atoms with van der Waals surface area (Å²) in [6.45, 7) is 7.12. The van der Waals surface area contributed by atoms with E-state index in [1.54, 1.807) is 4.90 Å². The average Bonchev–Trinajstić information content (AvgIpc) is 2.46. The van der Waals surface area contributed by atoms with Crippen LogP contribution in [-0.2, 0) is 4.74 Å².